The maximum atomic E-state index is 11.4. The van der Waals surface area contributed by atoms with Gasteiger partial charge in [0.15, 0.2) is 5.96 Å². The summed E-state index contributed by atoms with van der Waals surface area (Å²) < 4.78 is 11.1. The Labute approximate surface area is 228 Å². The number of nitrogens with zero attached hydrogens (tertiary/aromatic N) is 3. The Hall–Kier alpha value is -3.88. The van der Waals surface area contributed by atoms with Crippen molar-refractivity contribution in [3.63, 3.8) is 0 Å². The predicted octanol–water partition coefficient (Wildman–Crippen LogP) is 6.11. The van der Waals surface area contributed by atoms with Crippen LogP contribution in [0.2, 0.25) is 5.02 Å². The number of esters is 1. The number of hydrogen-bond acceptors (Lipinski definition) is 6. The van der Waals surface area contributed by atoms with Crippen LogP contribution >= 0.6 is 11.6 Å². The van der Waals surface area contributed by atoms with Crippen molar-refractivity contribution in [2.45, 2.75) is 26.7 Å². The van der Waals surface area contributed by atoms with Gasteiger partial charge < -0.3 is 20.5 Å². The van der Waals surface area contributed by atoms with Crippen molar-refractivity contribution in [3.8, 4) is 22.6 Å². The largest absolute Gasteiger partial charge is 0.492 e. The monoisotopic (exact) mass is 533 g/mol. The van der Waals surface area contributed by atoms with Gasteiger partial charge >= 0.3 is 5.97 Å². The molecule has 0 bridgehead atoms. The number of nitrogens with one attached hydrogen (secondary N) is 1. The molecule has 0 radical (unpaired) electrons. The van der Waals surface area contributed by atoms with Crippen molar-refractivity contribution in [1.82, 2.24) is 4.90 Å². The van der Waals surface area contributed by atoms with Gasteiger partial charge in [-0.15, -0.1) is 0 Å². The molecule has 1 aliphatic heterocycles. The van der Waals surface area contributed by atoms with Crippen molar-refractivity contribution in [2.24, 2.45) is 15.7 Å². The van der Waals surface area contributed by atoms with Crippen LogP contribution < -0.4 is 20.5 Å². The van der Waals surface area contributed by atoms with Gasteiger partial charge in [-0.1, -0.05) is 11.6 Å². The van der Waals surface area contributed by atoms with E-state index >= 15 is 0 Å². The third kappa shape index (κ3) is 7.12. The van der Waals surface area contributed by atoms with Gasteiger partial charge in [0.1, 0.15) is 18.1 Å². The molecule has 1 fully saturated rings. The number of guanidine groups is 1. The van der Waals surface area contributed by atoms with Crippen LogP contribution in [0.4, 0.5) is 17.1 Å². The van der Waals surface area contributed by atoms with Gasteiger partial charge in [-0.3, -0.25) is 14.7 Å². The summed E-state index contributed by atoms with van der Waals surface area (Å²) in [4.78, 5) is 22.5. The van der Waals surface area contributed by atoms with E-state index in [1.165, 1.54) is 19.8 Å². The molecule has 0 aromatic heterocycles. The molecule has 0 amide bonds. The molecule has 9 heteroatoms. The number of rotatable bonds is 9. The summed E-state index contributed by atoms with van der Waals surface area (Å²) in [7, 11) is 0. The summed E-state index contributed by atoms with van der Waals surface area (Å²) in [6, 6.07) is 16.4. The summed E-state index contributed by atoms with van der Waals surface area (Å²) in [5.74, 6) is 1.02. The molecule has 8 nitrogen and oxygen atoms in total. The molecule has 1 heterocycles. The average molecular weight is 534 g/mol. The zero-order valence-corrected chi connectivity index (χ0v) is 22.4. The van der Waals surface area contributed by atoms with Crippen LogP contribution in [0.5, 0.6) is 11.5 Å². The van der Waals surface area contributed by atoms with E-state index in [4.69, 9.17) is 26.8 Å². The van der Waals surface area contributed by atoms with Gasteiger partial charge in [0.25, 0.3) is 0 Å². The van der Waals surface area contributed by atoms with Crippen LogP contribution in [0.15, 0.2) is 64.6 Å². The summed E-state index contributed by atoms with van der Waals surface area (Å²) >= 11 is 6.44. The predicted molar refractivity (Wildman–Crippen MR) is 155 cm³/mol. The second-order valence-corrected chi connectivity index (χ2v) is 9.51. The Kier molecular flexibility index (Phi) is 8.99. The number of aliphatic imine (C=N–C) groups is 2. The zero-order chi connectivity index (χ0) is 27.1. The van der Waals surface area contributed by atoms with Gasteiger partial charge in [-0.25, -0.2) is 4.99 Å². The topological polar surface area (TPSA) is 102 Å². The Balaban J connectivity index is 1.46. The van der Waals surface area contributed by atoms with Crippen molar-refractivity contribution in [3.05, 3.63) is 65.2 Å². The van der Waals surface area contributed by atoms with E-state index in [1.54, 1.807) is 18.2 Å². The number of anilines is 1. The maximum Gasteiger partial charge on any atom is 0.308 e. The number of carbonyl (C=O) groups is 1. The van der Waals surface area contributed by atoms with E-state index in [0.29, 0.717) is 34.3 Å². The molecule has 0 atom stereocenters. The lowest BCUT2D eigenvalue weighted by molar-refractivity contribution is -0.131. The third-order valence-electron chi connectivity index (χ3n) is 6.20. The molecule has 0 spiro atoms. The molecule has 3 aromatic carbocycles. The highest BCUT2D eigenvalue weighted by atomic mass is 35.5. The first-order valence-electron chi connectivity index (χ1n) is 12.5. The quantitative estimate of drug-likeness (QED) is 0.149. The van der Waals surface area contributed by atoms with Crippen LogP contribution in [0, 0.1) is 6.92 Å². The van der Waals surface area contributed by atoms with Gasteiger partial charge in [0.2, 0.25) is 0 Å². The Morgan fingerprint density at radius 2 is 1.82 bits per heavy atom. The number of aryl methyl sites for hydroxylation is 1. The Morgan fingerprint density at radius 1 is 1.11 bits per heavy atom. The highest BCUT2D eigenvalue weighted by Gasteiger charge is 2.14. The number of halogens is 1. The van der Waals surface area contributed by atoms with Crippen LogP contribution in [0.25, 0.3) is 11.1 Å². The minimum absolute atomic E-state index is 0.211. The minimum Gasteiger partial charge on any atom is -0.492 e. The highest BCUT2D eigenvalue weighted by molar-refractivity contribution is 6.33. The molecule has 3 N–H and O–H groups in total. The van der Waals surface area contributed by atoms with Crippen molar-refractivity contribution >= 4 is 47.3 Å². The van der Waals surface area contributed by atoms with Crippen LogP contribution in [0.3, 0.4) is 0 Å². The summed E-state index contributed by atoms with van der Waals surface area (Å²) in [5, 5.41) is 3.62. The Morgan fingerprint density at radius 3 is 2.50 bits per heavy atom. The number of likely N-dealkylation sites (tertiary alicyclic amines) is 1. The fraction of sp³-hybridized carbons (Fsp3) is 0.276. The van der Waals surface area contributed by atoms with E-state index in [9.17, 15) is 4.79 Å². The molecule has 0 unspecified atom stereocenters. The zero-order valence-electron chi connectivity index (χ0n) is 21.7. The van der Waals surface area contributed by atoms with Gasteiger partial charge in [0.05, 0.1) is 11.4 Å². The lowest BCUT2D eigenvalue weighted by Gasteiger charge is -2.15. The number of carbonyl (C=O) groups excluding carboxylic acids is 1. The SMILES string of the molecule is C=Nc1cc(-c2cc(OC(C)=O)ccc2Cl)cc(C)c1N=C(N)Nc1ccc(OCCN2CCCC2)cc1. The summed E-state index contributed by atoms with van der Waals surface area (Å²) in [5.41, 5.74) is 10.5. The van der Waals surface area contributed by atoms with Crippen molar-refractivity contribution < 1.29 is 14.3 Å². The lowest BCUT2D eigenvalue weighted by atomic mass is 10.0. The smallest absolute Gasteiger partial charge is 0.308 e. The molecular weight excluding hydrogens is 502 g/mol. The summed E-state index contributed by atoms with van der Waals surface area (Å²) in [6.45, 7) is 10.9. The van der Waals surface area contributed by atoms with E-state index < -0.39 is 5.97 Å². The molecule has 198 valence electrons. The first-order valence-corrected chi connectivity index (χ1v) is 12.9. The molecule has 3 aromatic rings. The number of hydrogen-bond donors (Lipinski definition) is 2. The van der Waals surface area contributed by atoms with Gasteiger partial charge in [0, 0.05) is 29.7 Å². The van der Waals surface area contributed by atoms with Crippen molar-refractivity contribution in [1.29, 1.82) is 0 Å². The highest BCUT2D eigenvalue weighted by Crippen LogP contribution is 2.39. The molecule has 1 saturated heterocycles. The molecule has 0 saturated carbocycles. The van der Waals surface area contributed by atoms with Crippen LogP contribution in [0.1, 0.15) is 25.3 Å². The van der Waals surface area contributed by atoms with Gasteiger partial charge in [-0.2, -0.15) is 0 Å². The first-order chi connectivity index (χ1) is 18.3. The average Bonchev–Trinajstić information content (AvgIpc) is 3.40. The number of nitrogens with two attached hydrogens (primary N) is 1. The summed E-state index contributed by atoms with van der Waals surface area (Å²) in [6.07, 6.45) is 2.55. The molecule has 38 heavy (non-hydrogen) atoms. The standard InChI is InChI=1S/C29H32ClN5O3/c1-19-16-21(25-18-24(38-20(2)36)10-11-26(25)30)17-27(32-3)28(19)34-29(31)33-22-6-8-23(9-7-22)37-15-14-35-12-4-5-13-35/h6-11,16-18H,3-5,12-15H2,1-2H3,(H3,31,33,34). The number of benzene rings is 3. The van der Waals surface area contributed by atoms with E-state index in [1.807, 2.05) is 43.3 Å². The normalized spacial score (nSPS) is 13.8. The van der Waals surface area contributed by atoms with Crippen LogP contribution in [-0.2, 0) is 4.79 Å². The molecular formula is C29H32ClN5O3. The fourth-order valence-electron chi connectivity index (χ4n) is 4.37. The second-order valence-electron chi connectivity index (χ2n) is 9.10. The second kappa shape index (κ2) is 12.6. The van der Waals surface area contributed by atoms with E-state index in [0.717, 1.165) is 42.2 Å². The van der Waals surface area contributed by atoms with Crippen LogP contribution in [-0.4, -0.2) is 49.8 Å². The minimum atomic E-state index is -0.407. The lowest BCUT2D eigenvalue weighted by Crippen LogP contribution is -2.25. The van der Waals surface area contributed by atoms with E-state index in [-0.39, 0.29) is 5.96 Å². The first kappa shape index (κ1) is 27.2. The fourth-order valence-corrected chi connectivity index (χ4v) is 4.59. The Bertz CT molecular complexity index is 1330. The van der Waals surface area contributed by atoms with Gasteiger partial charge in [-0.05, 0) is 105 Å². The molecule has 1 aliphatic rings. The molecule has 4 rings (SSSR count). The third-order valence-corrected chi connectivity index (χ3v) is 6.52. The number of ether oxygens (including phenoxy) is 2. The van der Waals surface area contributed by atoms with E-state index in [2.05, 4.69) is 26.9 Å². The van der Waals surface area contributed by atoms with Crippen molar-refractivity contribution in [2.75, 3.05) is 31.6 Å². The molecule has 0 aliphatic carbocycles. The maximum absolute atomic E-state index is 11.4.